The number of hydrogen-bond donors (Lipinski definition) is 0. The molecule has 5 aromatic carbocycles. The fourth-order valence-electron chi connectivity index (χ4n) is 5.88. The van der Waals surface area contributed by atoms with Crippen molar-refractivity contribution in [2.75, 3.05) is 0 Å². The maximum atomic E-state index is 6.44. The Hall–Kier alpha value is -3.98. The van der Waals surface area contributed by atoms with Crippen LogP contribution in [0.25, 0.3) is 38.3 Å². The third-order valence-electron chi connectivity index (χ3n) is 7.04. The first kappa shape index (κ1) is 15.8. The van der Waals surface area contributed by atoms with Gasteiger partial charge in [-0.15, -0.1) is 0 Å². The molecule has 31 heavy (non-hydrogen) atoms. The highest BCUT2D eigenvalue weighted by molar-refractivity contribution is 7.01. The molecular weight excluding hydrogens is 377 g/mol. The Morgan fingerprint density at radius 1 is 0.548 bits per heavy atom. The van der Waals surface area contributed by atoms with Gasteiger partial charge in [0, 0.05) is 16.5 Å². The van der Waals surface area contributed by atoms with Gasteiger partial charge in [0.1, 0.15) is 11.5 Å². The first-order valence-electron chi connectivity index (χ1n) is 10.7. The zero-order valence-electron chi connectivity index (χ0n) is 16.7. The Kier molecular flexibility index (Phi) is 2.75. The molecule has 1 aromatic heterocycles. The highest BCUT2D eigenvalue weighted by Crippen LogP contribution is 2.41. The molecule has 0 atom stereocenters. The summed E-state index contributed by atoms with van der Waals surface area (Å²) in [5.74, 6) is 1.95. The molecule has 142 valence electrons. The molecule has 3 heterocycles. The monoisotopic (exact) mass is 393 g/mol. The number of hydrogen-bond acceptors (Lipinski definition) is 1. The summed E-state index contributed by atoms with van der Waals surface area (Å²) in [6.45, 7) is 0.192. The van der Waals surface area contributed by atoms with E-state index in [1.807, 2.05) is 0 Å². The average molecular weight is 393 g/mol. The number of ether oxygens (including phenoxy) is 1. The van der Waals surface area contributed by atoms with Crippen molar-refractivity contribution >= 4 is 55.7 Å². The molecule has 0 saturated heterocycles. The summed E-state index contributed by atoms with van der Waals surface area (Å²) in [7, 11) is 0. The van der Waals surface area contributed by atoms with Crippen LogP contribution < -0.4 is 21.1 Å². The van der Waals surface area contributed by atoms with E-state index in [0.29, 0.717) is 0 Å². The highest BCUT2D eigenvalue weighted by atomic mass is 16.5. The number of benzene rings is 5. The van der Waals surface area contributed by atoms with E-state index >= 15 is 0 Å². The van der Waals surface area contributed by atoms with Gasteiger partial charge in [-0.3, -0.25) is 0 Å². The van der Waals surface area contributed by atoms with Crippen LogP contribution in [0.4, 0.5) is 0 Å². The van der Waals surface area contributed by atoms with Crippen LogP contribution in [0, 0.1) is 0 Å². The zero-order chi connectivity index (χ0) is 20.1. The van der Waals surface area contributed by atoms with Crippen LogP contribution in [0.15, 0.2) is 97.1 Å². The van der Waals surface area contributed by atoms with Crippen molar-refractivity contribution in [3.63, 3.8) is 0 Å². The fourth-order valence-corrected chi connectivity index (χ4v) is 5.88. The molecule has 3 heteroatoms. The molecule has 2 aliphatic heterocycles. The molecule has 6 aromatic rings. The molecule has 0 radical (unpaired) electrons. The van der Waals surface area contributed by atoms with Crippen LogP contribution in [-0.2, 0) is 0 Å². The minimum Gasteiger partial charge on any atom is -0.458 e. The molecule has 0 N–H and O–H groups in total. The van der Waals surface area contributed by atoms with E-state index < -0.39 is 0 Å². The maximum Gasteiger partial charge on any atom is 0.252 e. The van der Waals surface area contributed by atoms with Gasteiger partial charge in [-0.2, -0.15) is 0 Å². The Labute approximate surface area is 179 Å². The predicted molar refractivity (Wildman–Crippen MR) is 129 cm³/mol. The molecule has 0 fully saturated rings. The summed E-state index contributed by atoms with van der Waals surface area (Å²) in [5, 5.41) is 5.37. The van der Waals surface area contributed by atoms with E-state index in [4.69, 9.17) is 4.74 Å². The van der Waals surface area contributed by atoms with Crippen molar-refractivity contribution in [1.29, 1.82) is 0 Å². The number of rotatable bonds is 1. The number of aromatic nitrogens is 1. The quantitative estimate of drug-likeness (QED) is 0.363. The van der Waals surface area contributed by atoms with Crippen molar-refractivity contribution < 1.29 is 4.74 Å². The number of fused-ring (bicyclic) bond motifs is 3. The van der Waals surface area contributed by atoms with Gasteiger partial charge in [-0.1, -0.05) is 66.1 Å². The first-order chi connectivity index (χ1) is 15.4. The predicted octanol–water partition coefficient (Wildman–Crippen LogP) is 4.87. The molecule has 8 rings (SSSR count). The van der Waals surface area contributed by atoms with Crippen LogP contribution >= 0.6 is 0 Å². The molecule has 0 amide bonds. The molecular formula is C28H16BNO. The average Bonchev–Trinajstić information content (AvgIpc) is 3.18. The van der Waals surface area contributed by atoms with Gasteiger partial charge in [0.15, 0.2) is 0 Å². The smallest absolute Gasteiger partial charge is 0.252 e. The van der Waals surface area contributed by atoms with Crippen LogP contribution in [-0.4, -0.2) is 11.3 Å². The van der Waals surface area contributed by atoms with Gasteiger partial charge in [0.2, 0.25) is 0 Å². The topological polar surface area (TPSA) is 14.2 Å². The van der Waals surface area contributed by atoms with Gasteiger partial charge in [0.05, 0.1) is 11.0 Å². The summed E-state index contributed by atoms with van der Waals surface area (Å²) >= 11 is 0. The zero-order valence-corrected chi connectivity index (χ0v) is 16.7. The van der Waals surface area contributed by atoms with Gasteiger partial charge in [-0.05, 0) is 58.1 Å². The Morgan fingerprint density at radius 3 is 2.26 bits per heavy atom. The SMILES string of the molecule is c1ccc(-n2c3ccc4c5c3c3c6c(cccc6ccc32)B5c2ccccc2O4)cc1. The van der Waals surface area contributed by atoms with Crippen molar-refractivity contribution in [2.24, 2.45) is 0 Å². The molecule has 0 aliphatic carbocycles. The summed E-state index contributed by atoms with van der Waals surface area (Å²) in [6, 6.07) is 34.8. The van der Waals surface area contributed by atoms with E-state index in [0.717, 1.165) is 11.5 Å². The summed E-state index contributed by atoms with van der Waals surface area (Å²) in [6.07, 6.45) is 0. The van der Waals surface area contributed by atoms with Gasteiger partial charge in [0.25, 0.3) is 6.71 Å². The Balaban J connectivity index is 1.66. The van der Waals surface area contributed by atoms with E-state index in [1.54, 1.807) is 0 Å². The lowest BCUT2D eigenvalue weighted by molar-refractivity contribution is 0.488. The summed E-state index contributed by atoms with van der Waals surface area (Å²) < 4.78 is 8.84. The van der Waals surface area contributed by atoms with E-state index in [1.165, 1.54) is 54.7 Å². The highest BCUT2D eigenvalue weighted by Gasteiger charge is 2.39. The first-order valence-corrected chi connectivity index (χ1v) is 10.7. The summed E-state index contributed by atoms with van der Waals surface area (Å²) in [4.78, 5) is 0. The van der Waals surface area contributed by atoms with Crippen LogP contribution in [0.3, 0.4) is 0 Å². The lowest BCUT2D eigenvalue weighted by atomic mass is 9.33. The van der Waals surface area contributed by atoms with Crippen molar-refractivity contribution in [1.82, 2.24) is 4.57 Å². The fraction of sp³-hybridized carbons (Fsp3) is 0. The minimum absolute atomic E-state index is 0.192. The largest absolute Gasteiger partial charge is 0.458 e. The minimum atomic E-state index is 0.192. The van der Waals surface area contributed by atoms with E-state index in [-0.39, 0.29) is 6.71 Å². The van der Waals surface area contributed by atoms with Crippen molar-refractivity contribution in [2.45, 2.75) is 0 Å². The molecule has 0 bridgehead atoms. The van der Waals surface area contributed by atoms with Gasteiger partial charge in [-0.25, -0.2) is 0 Å². The van der Waals surface area contributed by atoms with Crippen LogP contribution in [0.2, 0.25) is 0 Å². The van der Waals surface area contributed by atoms with E-state index in [2.05, 4.69) is 102 Å². The molecule has 0 saturated carbocycles. The van der Waals surface area contributed by atoms with Crippen molar-refractivity contribution in [3.05, 3.63) is 97.1 Å². The van der Waals surface area contributed by atoms with Crippen LogP contribution in [0.1, 0.15) is 0 Å². The Bertz CT molecular complexity index is 1710. The van der Waals surface area contributed by atoms with Gasteiger partial charge < -0.3 is 9.30 Å². The third-order valence-corrected chi connectivity index (χ3v) is 7.04. The number of para-hydroxylation sites is 2. The normalized spacial score (nSPS) is 13.4. The lowest BCUT2D eigenvalue weighted by Crippen LogP contribution is -2.56. The standard InChI is InChI=1S/C28H16BNO/c1-2-8-18(9-3-1)30-21-14-13-17-7-6-11-20-25(17)26(21)27-22(30)15-16-24-28(27)29(20)19-10-4-5-12-23(19)31-24/h1-16H. The van der Waals surface area contributed by atoms with Gasteiger partial charge >= 0.3 is 0 Å². The second-order valence-electron chi connectivity index (χ2n) is 8.52. The molecule has 2 nitrogen and oxygen atoms in total. The maximum absolute atomic E-state index is 6.44. The van der Waals surface area contributed by atoms with Crippen molar-refractivity contribution in [3.8, 4) is 17.2 Å². The molecule has 0 unspecified atom stereocenters. The lowest BCUT2D eigenvalue weighted by Gasteiger charge is -2.30. The third kappa shape index (κ3) is 1.81. The van der Waals surface area contributed by atoms with Crippen LogP contribution in [0.5, 0.6) is 11.5 Å². The molecule has 0 spiro atoms. The summed E-state index contributed by atoms with van der Waals surface area (Å²) in [5.41, 5.74) is 7.63. The molecule has 2 aliphatic rings. The Morgan fingerprint density at radius 2 is 1.32 bits per heavy atom. The second kappa shape index (κ2) is 5.38. The van der Waals surface area contributed by atoms with E-state index in [9.17, 15) is 0 Å². The number of nitrogens with zero attached hydrogens (tertiary/aromatic N) is 1. The second-order valence-corrected chi connectivity index (χ2v) is 8.52.